The van der Waals surface area contributed by atoms with Crippen molar-refractivity contribution in [2.75, 3.05) is 0 Å². The van der Waals surface area contributed by atoms with Crippen LogP contribution in [0, 0.1) is 23.7 Å². The third-order valence-corrected chi connectivity index (χ3v) is 4.91. The van der Waals surface area contributed by atoms with Gasteiger partial charge in [-0.2, -0.15) is 5.01 Å². The molecule has 0 unspecified atom stereocenters. The Labute approximate surface area is 128 Å². The van der Waals surface area contributed by atoms with Crippen molar-refractivity contribution in [2.24, 2.45) is 23.7 Å². The third kappa shape index (κ3) is 1.89. The molecule has 4 rings (SSSR count). The molecule has 3 aliphatic rings. The first-order valence-electron chi connectivity index (χ1n) is 7.54. The van der Waals surface area contributed by atoms with Gasteiger partial charge in [-0.15, -0.1) is 0 Å². The number of hydrogen-bond donors (Lipinski definition) is 1. The van der Waals surface area contributed by atoms with E-state index in [2.05, 4.69) is 5.43 Å². The van der Waals surface area contributed by atoms with E-state index < -0.39 is 0 Å². The van der Waals surface area contributed by atoms with Crippen molar-refractivity contribution in [1.29, 1.82) is 0 Å². The average Bonchev–Trinajstić information content (AvgIpc) is 3.18. The van der Waals surface area contributed by atoms with Gasteiger partial charge in [0.05, 0.1) is 18.3 Å². The zero-order valence-electron chi connectivity index (χ0n) is 11.9. The number of hydrazine groups is 1. The van der Waals surface area contributed by atoms with Crippen LogP contribution in [0.5, 0.6) is 0 Å². The van der Waals surface area contributed by atoms with E-state index in [1.807, 2.05) is 42.5 Å². The summed E-state index contributed by atoms with van der Waals surface area (Å²) in [5.74, 6) is -1.10. The average molecular weight is 296 g/mol. The van der Waals surface area contributed by atoms with Gasteiger partial charge in [0.25, 0.3) is 11.8 Å². The van der Waals surface area contributed by atoms with Crippen LogP contribution < -0.4 is 5.43 Å². The normalized spacial score (nSPS) is 31.7. The Hall–Kier alpha value is -2.43. The number of nitrogens with zero attached hydrogens (tertiary/aromatic N) is 1. The van der Waals surface area contributed by atoms with E-state index in [1.165, 1.54) is 0 Å². The van der Waals surface area contributed by atoms with E-state index in [0.29, 0.717) is 0 Å². The molecule has 4 atom stereocenters. The molecule has 1 saturated heterocycles. The van der Waals surface area contributed by atoms with Crippen LogP contribution in [-0.2, 0) is 20.8 Å². The summed E-state index contributed by atoms with van der Waals surface area (Å²) in [5.41, 5.74) is 3.34. The molecule has 5 heteroatoms. The molecule has 1 aliphatic heterocycles. The van der Waals surface area contributed by atoms with Gasteiger partial charge in [-0.25, -0.2) is 0 Å². The molecule has 1 aromatic carbocycles. The maximum atomic E-state index is 12.4. The molecule has 1 saturated carbocycles. The Morgan fingerprint density at radius 2 is 1.64 bits per heavy atom. The van der Waals surface area contributed by atoms with Crippen LogP contribution in [0.3, 0.4) is 0 Å². The summed E-state index contributed by atoms with van der Waals surface area (Å²) in [4.78, 5) is 36.9. The highest BCUT2D eigenvalue weighted by atomic mass is 16.2. The van der Waals surface area contributed by atoms with Gasteiger partial charge >= 0.3 is 0 Å². The Bertz CT molecular complexity index is 652. The molecular weight excluding hydrogens is 280 g/mol. The maximum Gasteiger partial charge on any atom is 0.252 e. The van der Waals surface area contributed by atoms with E-state index in [-0.39, 0.29) is 47.8 Å². The van der Waals surface area contributed by atoms with Crippen LogP contribution in [-0.4, -0.2) is 22.7 Å². The molecule has 5 nitrogen and oxygen atoms in total. The fourth-order valence-corrected chi connectivity index (χ4v) is 3.96. The lowest BCUT2D eigenvalue weighted by atomic mass is 9.85. The fraction of sp³-hybridized carbons (Fsp3) is 0.353. The van der Waals surface area contributed by atoms with Gasteiger partial charge in [-0.05, 0) is 23.8 Å². The summed E-state index contributed by atoms with van der Waals surface area (Å²) in [6, 6.07) is 9.25. The highest BCUT2D eigenvalue weighted by Crippen LogP contribution is 2.52. The molecule has 0 aromatic heterocycles. The predicted molar refractivity (Wildman–Crippen MR) is 77.9 cm³/mol. The van der Waals surface area contributed by atoms with Crippen LogP contribution in [0.25, 0.3) is 0 Å². The monoisotopic (exact) mass is 296 g/mol. The van der Waals surface area contributed by atoms with E-state index >= 15 is 0 Å². The van der Waals surface area contributed by atoms with Crippen LogP contribution in [0.1, 0.15) is 12.0 Å². The second-order valence-electron chi connectivity index (χ2n) is 6.21. The Morgan fingerprint density at radius 3 is 2.23 bits per heavy atom. The minimum atomic E-state index is -0.340. The van der Waals surface area contributed by atoms with Crippen molar-refractivity contribution < 1.29 is 14.4 Å². The largest absolute Gasteiger partial charge is 0.273 e. The van der Waals surface area contributed by atoms with Crippen molar-refractivity contribution in [2.45, 2.75) is 12.8 Å². The maximum absolute atomic E-state index is 12.4. The summed E-state index contributed by atoms with van der Waals surface area (Å²) in [6.45, 7) is 0. The SMILES string of the molecule is O=C(Cc1ccccc1)NN1C(=O)[C@H]2[C@H](C1=O)[C@H]1C=C[C@@H]2C1. The summed E-state index contributed by atoms with van der Waals surface area (Å²) < 4.78 is 0. The number of amides is 3. The lowest BCUT2D eigenvalue weighted by molar-refractivity contribution is -0.149. The van der Waals surface area contributed by atoms with Gasteiger partial charge in [0.2, 0.25) is 5.91 Å². The first-order chi connectivity index (χ1) is 10.6. The van der Waals surface area contributed by atoms with Crippen molar-refractivity contribution in [3.05, 3.63) is 48.0 Å². The van der Waals surface area contributed by atoms with Gasteiger partial charge < -0.3 is 0 Å². The molecule has 1 N–H and O–H groups in total. The zero-order chi connectivity index (χ0) is 15.3. The topological polar surface area (TPSA) is 66.5 Å². The minimum Gasteiger partial charge on any atom is -0.273 e. The summed E-state index contributed by atoms with van der Waals surface area (Å²) >= 11 is 0. The molecule has 1 heterocycles. The molecule has 22 heavy (non-hydrogen) atoms. The zero-order valence-corrected chi connectivity index (χ0v) is 11.9. The molecule has 2 fully saturated rings. The number of allylic oxidation sites excluding steroid dienone is 2. The standard InChI is InChI=1S/C17H16N2O3/c20-13(8-10-4-2-1-3-5-10)18-19-16(21)14-11-6-7-12(9-11)15(14)17(19)22/h1-7,11-12,14-15H,8-9H2,(H,18,20)/t11-,12+,14-,15-/m1/s1. The molecule has 112 valence electrons. The molecule has 0 radical (unpaired) electrons. The second kappa shape index (κ2) is 4.80. The summed E-state index contributed by atoms with van der Waals surface area (Å²) in [6.07, 6.45) is 5.11. The summed E-state index contributed by atoms with van der Waals surface area (Å²) in [5, 5.41) is 0.951. The smallest absolute Gasteiger partial charge is 0.252 e. The van der Waals surface area contributed by atoms with Crippen molar-refractivity contribution in [3.8, 4) is 0 Å². The van der Waals surface area contributed by atoms with Crippen LogP contribution in [0.2, 0.25) is 0 Å². The minimum absolute atomic E-state index is 0.151. The van der Waals surface area contributed by atoms with E-state index in [1.54, 1.807) is 0 Å². The van der Waals surface area contributed by atoms with Gasteiger partial charge in [0.15, 0.2) is 0 Å². The number of hydrogen-bond acceptors (Lipinski definition) is 3. The van der Waals surface area contributed by atoms with Gasteiger partial charge in [0.1, 0.15) is 0 Å². The van der Waals surface area contributed by atoms with Crippen LogP contribution in [0.4, 0.5) is 0 Å². The van der Waals surface area contributed by atoms with E-state index in [9.17, 15) is 14.4 Å². The predicted octanol–water partition coefficient (Wildman–Crippen LogP) is 1.07. The van der Waals surface area contributed by atoms with Crippen molar-refractivity contribution in [1.82, 2.24) is 10.4 Å². The van der Waals surface area contributed by atoms with Crippen molar-refractivity contribution >= 4 is 17.7 Å². The Morgan fingerprint density at radius 1 is 1.05 bits per heavy atom. The lowest BCUT2D eigenvalue weighted by Gasteiger charge is -2.17. The number of fused-ring (bicyclic) bond motifs is 5. The van der Waals surface area contributed by atoms with E-state index in [4.69, 9.17) is 0 Å². The first-order valence-corrected chi connectivity index (χ1v) is 7.54. The number of carbonyl (C=O) groups excluding carboxylic acids is 3. The second-order valence-corrected chi connectivity index (χ2v) is 6.21. The molecule has 1 aromatic rings. The fourth-order valence-electron chi connectivity index (χ4n) is 3.96. The lowest BCUT2D eigenvalue weighted by Crippen LogP contribution is -2.47. The highest BCUT2D eigenvalue weighted by Gasteiger charge is 2.59. The quantitative estimate of drug-likeness (QED) is 0.670. The summed E-state index contributed by atoms with van der Waals surface area (Å²) in [7, 11) is 0. The van der Waals surface area contributed by atoms with Gasteiger partial charge in [-0.3, -0.25) is 19.8 Å². The third-order valence-electron chi connectivity index (χ3n) is 4.91. The van der Waals surface area contributed by atoms with Crippen molar-refractivity contribution in [3.63, 3.8) is 0 Å². The number of rotatable bonds is 3. The Balaban J connectivity index is 1.47. The van der Waals surface area contributed by atoms with Gasteiger partial charge in [-0.1, -0.05) is 42.5 Å². The van der Waals surface area contributed by atoms with E-state index in [0.717, 1.165) is 17.0 Å². The molecule has 2 bridgehead atoms. The molecule has 3 amide bonds. The molecule has 2 aliphatic carbocycles. The molecular formula is C17H16N2O3. The number of imide groups is 1. The first kappa shape index (κ1) is 13.2. The highest BCUT2D eigenvalue weighted by molar-refractivity contribution is 6.07. The number of benzene rings is 1. The van der Waals surface area contributed by atoms with Crippen LogP contribution in [0.15, 0.2) is 42.5 Å². The molecule has 0 spiro atoms. The number of carbonyl (C=O) groups is 3. The Kier molecular flexibility index (Phi) is 2.89. The van der Waals surface area contributed by atoms with Gasteiger partial charge in [0, 0.05) is 0 Å². The number of nitrogens with one attached hydrogen (secondary N) is 1. The van der Waals surface area contributed by atoms with Crippen LogP contribution >= 0.6 is 0 Å².